The number of nitrogens with one attached hydrogen (secondary N) is 1. The lowest BCUT2D eigenvalue weighted by molar-refractivity contribution is 0.584. The van der Waals surface area contributed by atoms with Crippen molar-refractivity contribution in [2.24, 2.45) is 0 Å². The van der Waals surface area contributed by atoms with E-state index in [9.17, 15) is 8.42 Å². The van der Waals surface area contributed by atoms with Crippen molar-refractivity contribution in [3.63, 3.8) is 0 Å². The van der Waals surface area contributed by atoms with Crippen LogP contribution in [0.15, 0.2) is 35.4 Å². The van der Waals surface area contributed by atoms with E-state index in [0.29, 0.717) is 0 Å². The molecule has 0 spiro atoms. The summed E-state index contributed by atoms with van der Waals surface area (Å²) < 4.78 is 25.7. The smallest absolute Gasteiger partial charge is 0.241 e. The third-order valence-electron chi connectivity index (χ3n) is 1.57. The van der Waals surface area contributed by atoms with E-state index in [2.05, 4.69) is 16.3 Å². The Morgan fingerprint density at radius 2 is 2.33 bits per heavy atom. The molecule has 0 unspecified atom stereocenters. The highest BCUT2D eigenvalue weighted by atomic mass is 35.5. The predicted molar refractivity (Wildman–Crippen MR) is 59.2 cm³/mol. The zero-order valence-corrected chi connectivity index (χ0v) is 9.77. The summed E-state index contributed by atoms with van der Waals surface area (Å²) in [5.74, 6) is 0. The van der Waals surface area contributed by atoms with Crippen LogP contribution in [-0.2, 0) is 10.0 Å². The van der Waals surface area contributed by atoms with Gasteiger partial charge in [0, 0.05) is 12.7 Å². The second-order valence-corrected chi connectivity index (χ2v) is 5.25. The molecule has 0 atom stereocenters. The predicted octanol–water partition coefficient (Wildman–Crippen LogP) is 1.59. The SMILES string of the molecule is C=C(C)CNS(=O)(=O)c1ccnc(Cl)c1. The van der Waals surface area contributed by atoms with Crippen molar-refractivity contribution in [2.45, 2.75) is 11.8 Å². The molecule has 1 N–H and O–H groups in total. The van der Waals surface area contributed by atoms with Gasteiger partial charge in [0.15, 0.2) is 0 Å². The highest BCUT2D eigenvalue weighted by Crippen LogP contribution is 2.12. The van der Waals surface area contributed by atoms with E-state index in [1.807, 2.05) is 0 Å². The molecule has 0 fully saturated rings. The van der Waals surface area contributed by atoms with Crippen LogP contribution >= 0.6 is 11.6 Å². The molecule has 1 aromatic rings. The number of rotatable bonds is 4. The molecule has 0 saturated carbocycles. The van der Waals surface area contributed by atoms with Crippen LogP contribution in [0.5, 0.6) is 0 Å². The molecule has 15 heavy (non-hydrogen) atoms. The topological polar surface area (TPSA) is 59.1 Å². The molecule has 0 aliphatic carbocycles. The highest BCUT2D eigenvalue weighted by Gasteiger charge is 2.13. The monoisotopic (exact) mass is 246 g/mol. The minimum atomic E-state index is -3.51. The molecule has 0 amide bonds. The van der Waals surface area contributed by atoms with Crippen molar-refractivity contribution in [3.05, 3.63) is 35.6 Å². The van der Waals surface area contributed by atoms with Crippen LogP contribution in [0, 0.1) is 0 Å². The quantitative estimate of drug-likeness (QED) is 0.648. The molecular weight excluding hydrogens is 236 g/mol. The highest BCUT2D eigenvalue weighted by molar-refractivity contribution is 7.89. The van der Waals surface area contributed by atoms with Gasteiger partial charge < -0.3 is 0 Å². The Hall–Kier alpha value is -0.910. The third kappa shape index (κ3) is 3.62. The zero-order chi connectivity index (χ0) is 11.5. The number of halogens is 1. The van der Waals surface area contributed by atoms with Crippen LogP contribution < -0.4 is 4.72 Å². The van der Waals surface area contributed by atoms with E-state index in [1.165, 1.54) is 18.3 Å². The number of hydrogen-bond donors (Lipinski definition) is 1. The Kier molecular flexibility index (Phi) is 3.84. The molecule has 1 heterocycles. The first-order valence-electron chi connectivity index (χ1n) is 4.17. The van der Waals surface area contributed by atoms with Gasteiger partial charge >= 0.3 is 0 Å². The molecule has 82 valence electrons. The fraction of sp³-hybridized carbons (Fsp3) is 0.222. The van der Waals surface area contributed by atoms with Crippen molar-refractivity contribution < 1.29 is 8.42 Å². The van der Waals surface area contributed by atoms with Crippen molar-refractivity contribution in [3.8, 4) is 0 Å². The van der Waals surface area contributed by atoms with Crippen LogP contribution in [0.25, 0.3) is 0 Å². The van der Waals surface area contributed by atoms with Crippen molar-refractivity contribution in [2.75, 3.05) is 6.54 Å². The lowest BCUT2D eigenvalue weighted by Crippen LogP contribution is -2.25. The van der Waals surface area contributed by atoms with Crippen LogP contribution in [0.1, 0.15) is 6.92 Å². The summed E-state index contributed by atoms with van der Waals surface area (Å²) in [4.78, 5) is 3.80. The fourth-order valence-electron chi connectivity index (χ4n) is 0.853. The minimum absolute atomic E-state index is 0.101. The fourth-order valence-corrected chi connectivity index (χ4v) is 2.20. The molecule has 0 bridgehead atoms. The largest absolute Gasteiger partial charge is 0.244 e. The second-order valence-electron chi connectivity index (χ2n) is 3.10. The van der Waals surface area contributed by atoms with Crippen molar-refractivity contribution in [1.82, 2.24) is 9.71 Å². The van der Waals surface area contributed by atoms with Gasteiger partial charge in [-0.1, -0.05) is 23.8 Å². The molecule has 0 saturated heterocycles. The minimum Gasteiger partial charge on any atom is -0.244 e. The van der Waals surface area contributed by atoms with Gasteiger partial charge in [-0.2, -0.15) is 0 Å². The Labute approximate surface area is 94.0 Å². The molecule has 1 rings (SSSR count). The molecule has 0 radical (unpaired) electrons. The van der Waals surface area contributed by atoms with Crippen LogP contribution in [0.2, 0.25) is 5.15 Å². The summed E-state index contributed by atoms with van der Waals surface area (Å²) in [6.07, 6.45) is 1.34. The van der Waals surface area contributed by atoms with Crippen LogP contribution in [0.3, 0.4) is 0 Å². The number of pyridine rings is 1. The summed E-state index contributed by atoms with van der Waals surface area (Å²) in [6.45, 7) is 5.55. The van der Waals surface area contributed by atoms with E-state index in [0.717, 1.165) is 5.57 Å². The lowest BCUT2D eigenvalue weighted by atomic mass is 10.4. The van der Waals surface area contributed by atoms with Gasteiger partial charge in [-0.25, -0.2) is 18.1 Å². The van der Waals surface area contributed by atoms with E-state index in [-0.39, 0.29) is 16.6 Å². The molecule has 0 aliphatic rings. The normalized spacial score (nSPS) is 11.3. The average molecular weight is 247 g/mol. The van der Waals surface area contributed by atoms with Gasteiger partial charge in [0.25, 0.3) is 0 Å². The van der Waals surface area contributed by atoms with Crippen LogP contribution in [-0.4, -0.2) is 19.9 Å². The molecule has 4 nitrogen and oxygen atoms in total. The van der Waals surface area contributed by atoms with E-state index in [4.69, 9.17) is 11.6 Å². The number of nitrogens with zero attached hydrogens (tertiary/aromatic N) is 1. The van der Waals surface area contributed by atoms with Gasteiger partial charge in [-0.05, 0) is 19.1 Å². The Balaban J connectivity index is 2.91. The maximum Gasteiger partial charge on any atom is 0.241 e. The molecule has 6 heteroatoms. The molecule has 0 aliphatic heterocycles. The van der Waals surface area contributed by atoms with E-state index >= 15 is 0 Å². The summed E-state index contributed by atoms with van der Waals surface area (Å²) in [7, 11) is -3.51. The first-order valence-corrected chi connectivity index (χ1v) is 6.03. The Bertz CT molecular complexity index is 471. The lowest BCUT2D eigenvalue weighted by Gasteiger charge is -2.05. The number of hydrogen-bond acceptors (Lipinski definition) is 3. The van der Waals surface area contributed by atoms with Gasteiger partial charge in [0.05, 0.1) is 4.90 Å². The van der Waals surface area contributed by atoms with E-state index in [1.54, 1.807) is 6.92 Å². The molecular formula is C9H11ClN2O2S. The first-order chi connectivity index (χ1) is 6.92. The first kappa shape index (κ1) is 12.2. The number of sulfonamides is 1. The third-order valence-corrected chi connectivity index (χ3v) is 3.18. The summed E-state index contributed by atoms with van der Waals surface area (Å²) in [5, 5.41) is 0.146. The van der Waals surface area contributed by atoms with Crippen LogP contribution in [0.4, 0.5) is 0 Å². The maximum atomic E-state index is 11.7. The molecule has 1 aromatic heterocycles. The summed E-state index contributed by atoms with van der Waals surface area (Å²) in [6, 6.07) is 2.68. The maximum absolute atomic E-state index is 11.7. The molecule has 0 aromatic carbocycles. The van der Waals surface area contributed by atoms with Gasteiger partial charge in [-0.15, -0.1) is 0 Å². The van der Waals surface area contributed by atoms with Crippen molar-refractivity contribution in [1.29, 1.82) is 0 Å². The Morgan fingerprint density at radius 3 is 2.87 bits per heavy atom. The van der Waals surface area contributed by atoms with Gasteiger partial charge in [0.1, 0.15) is 5.15 Å². The van der Waals surface area contributed by atoms with Gasteiger partial charge in [-0.3, -0.25) is 0 Å². The second kappa shape index (κ2) is 4.74. The standard InChI is InChI=1S/C9H11ClN2O2S/c1-7(2)6-12-15(13,14)8-3-4-11-9(10)5-8/h3-5,12H,1,6H2,2H3. The zero-order valence-electron chi connectivity index (χ0n) is 8.20. The van der Waals surface area contributed by atoms with Crippen molar-refractivity contribution >= 4 is 21.6 Å². The van der Waals surface area contributed by atoms with E-state index < -0.39 is 10.0 Å². The van der Waals surface area contributed by atoms with Gasteiger partial charge in [0.2, 0.25) is 10.0 Å². The average Bonchev–Trinajstić information content (AvgIpc) is 2.15. The summed E-state index contributed by atoms with van der Waals surface area (Å²) in [5.41, 5.74) is 0.735. The Morgan fingerprint density at radius 1 is 1.67 bits per heavy atom. The number of aromatic nitrogens is 1. The summed E-state index contributed by atoms with van der Waals surface area (Å²) >= 11 is 5.59.